The van der Waals surface area contributed by atoms with Gasteiger partial charge in [-0.1, -0.05) is 23.7 Å². The number of anilines is 1. The van der Waals surface area contributed by atoms with Gasteiger partial charge in [0.2, 0.25) is 5.91 Å². The molecule has 1 N–H and O–H groups in total. The van der Waals surface area contributed by atoms with E-state index in [1.807, 2.05) is 19.1 Å². The number of pyridine rings is 1. The zero-order valence-electron chi connectivity index (χ0n) is 13.6. The molecule has 0 aliphatic heterocycles. The molecule has 2 aromatic rings. The van der Waals surface area contributed by atoms with Crippen LogP contribution in [0, 0.1) is 0 Å². The molecule has 24 heavy (non-hydrogen) atoms. The molecular weight excluding hydrogens is 328 g/mol. The van der Waals surface area contributed by atoms with Crippen molar-refractivity contribution in [3.05, 3.63) is 53.3 Å². The summed E-state index contributed by atoms with van der Waals surface area (Å²) in [6.07, 6.45) is 4.45. The Labute approximate surface area is 147 Å². The molecule has 1 aromatic heterocycles. The van der Waals surface area contributed by atoms with E-state index >= 15 is 0 Å². The second kappa shape index (κ2) is 9.90. The predicted octanol–water partition coefficient (Wildman–Crippen LogP) is 3.72. The predicted molar refractivity (Wildman–Crippen MR) is 94.6 cm³/mol. The fraction of sp³-hybridized carbons (Fsp3) is 0.333. The van der Waals surface area contributed by atoms with Crippen LogP contribution >= 0.6 is 11.6 Å². The monoisotopic (exact) mass is 348 g/mol. The maximum Gasteiger partial charge on any atom is 0.224 e. The van der Waals surface area contributed by atoms with Crippen molar-refractivity contribution in [3.8, 4) is 5.75 Å². The molecule has 1 amide bonds. The number of aromatic nitrogens is 1. The SMILES string of the molecule is CCOCCOc1c(Cl)cccc1NC(=O)CCc1cccnc1. The highest BCUT2D eigenvalue weighted by atomic mass is 35.5. The molecule has 5 nitrogen and oxygen atoms in total. The molecule has 128 valence electrons. The Kier molecular flexibility index (Phi) is 7.52. The van der Waals surface area contributed by atoms with E-state index in [2.05, 4.69) is 10.3 Å². The minimum atomic E-state index is -0.101. The quantitative estimate of drug-likeness (QED) is 0.701. The first-order valence-electron chi connectivity index (χ1n) is 7.88. The summed E-state index contributed by atoms with van der Waals surface area (Å²) in [4.78, 5) is 16.2. The molecule has 6 heteroatoms. The van der Waals surface area contributed by atoms with E-state index in [1.54, 1.807) is 30.6 Å². The van der Waals surface area contributed by atoms with E-state index in [0.717, 1.165) is 5.56 Å². The normalized spacial score (nSPS) is 10.4. The van der Waals surface area contributed by atoms with E-state index in [1.165, 1.54) is 0 Å². The van der Waals surface area contributed by atoms with E-state index in [0.29, 0.717) is 49.1 Å². The van der Waals surface area contributed by atoms with Crippen LogP contribution in [0.25, 0.3) is 0 Å². The minimum Gasteiger partial charge on any atom is -0.487 e. The van der Waals surface area contributed by atoms with Crippen LogP contribution in [0.1, 0.15) is 18.9 Å². The van der Waals surface area contributed by atoms with Crippen molar-refractivity contribution in [1.82, 2.24) is 4.98 Å². The number of nitrogens with zero attached hydrogens (tertiary/aromatic N) is 1. The number of carbonyl (C=O) groups excluding carboxylic acids is 1. The third-order valence-electron chi connectivity index (χ3n) is 3.28. The van der Waals surface area contributed by atoms with Crippen LogP contribution in [0.4, 0.5) is 5.69 Å². The number of hydrogen-bond donors (Lipinski definition) is 1. The van der Waals surface area contributed by atoms with Gasteiger partial charge in [-0.2, -0.15) is 0 Å². The van der Waals surface area contributed by atoms with Crippen LogP contribution in [-0.2, 0) is 16.0 Å². The molecule has 0 aliphatic rings. The fourth-order valence-electron chi connectivity index (χ4n) is 2.12. The molecule has 1 heterocycles. The van der Waals surface area contributed by atoms with Crippen LogP contribution in [-0.4, -0.2) is 30.7 Å². The number of hydrogen-bond acceptors (Lipinski definition) is 4. The Morgan fingerprint density at radius 2 is 2.12 bits per heavy atom. The molecule has 0 saturated carbocycles. The van der Waals surface area contributed by atoms with Crippen LogP contribution in [0.2, 0.25) is 5.02 Å². The van der Waals surface area contributed by atoms with Crippen molar-refractivity contribution in [2.45, 2.75) is 19.8 Å². The smallest absolute Gasteiger partial charge is 0.224 e. The van der Waals surface area contributed by atoms with Gasteiger partial charge in [-0.15, -0.1) is 0 Å². The summed E-state index contributed by atoms with van der Waals surface area (Å²) in [5.41, 5.74) is 1.59. The molecule has 0 bridgehead atoms. The Morgan fingerprint density at radius 3 is 2.88 bits per heavy atom. The lowest BCUT2D eigenvalue weighted by atomic mass is 10.1. The van der Waals surface area contributed by atoms with Crippen molar-refractivity contribution in [2.24, 2.45) is 0 Å². The molecule has 0 radical (unpaired) electrons. The first-order valence-corrected chi connectivity index (χ1v) is 8.26. The molecular formula is C18H21ClN2O3. The molecule has 0 unspecified atom stereocenters. The van der Waals surface area contributed by atoms with Crippen molar-refractivity contribution < 1.29 is 14.3 Å². The summed E-state index contributed by atoms with van der Waals surface area (Å²) >= 11 is 6.17. The third-order valence-corrected chi connectivity index (χ3v) is 3.58. The van der Waals surface area contributed by atoms with Gasteiger partial charge in [-0.25, -0.2) is 0 Å². The van der Waals surface area contributed by atoms with E-state index in [4.69, 9.17) is 21.1 Å². The minimum absolute atomic E-state index is 0.101. The molecule has 0 atom stereocenters. The second-order valence-corrected chi connectivity index (χ2v) is 5.48. The molecule has 0 aliphatic carbocycles. The number of carbonyl (C=O) groups is 1. The number of amides is 1. The highest BCUT2D eigenvalue weighted by Gasteiger charge is 2.11. The largest absolute Gasteiger partial charge is 0.487 e. The van der Waals surface area contributed by atoms with Crippen LogP contribution < -0.4 is 10.1 Å². The molecule has 1 aromatic carbocycles. The highest BCUT2D eigenvalue weighted by molar-refractivity contribution is 6.32. The average molecular weight is 349 g/mol. The zero-order valence-corrected chi connectivity index (χ0v) is 14.4. The van der Waals surface area contributed by atoms with Crippen molar-refractivity contribution >= 4 is 23.2 Å². The van der Waals surface area contributed by atoms with Gasteiger partial charge >= 0.3 is 0 Å². The summed E-state index contributed by atoms with van der Waals surface area (Å²) in [6, 6.07) is 9.07. The number of ether oxygens (including phenoxy) is 2. The van der Waals surface area contributed by atoms with Gasteiger partial charge in [0.05, 0.1) is 17.3 Å². The van der Waals surface area contributed by atoms with E-state index in [-0.39, 0.29) is 5.91 Å². The molecule has 0 saturated heterocycles. The first-order chi connectivity index (χ1) is 11.7. The average Bonchev–Trinajstić information content (AvgIpc) is 2.60. The lowest BCUT2D eigenvalue weighted by molar-refractivity contribution is -0.116. The Balaban J connectivity index is 1.93. The summed E-state index contributed by atoms with van der Waals surface area (Å²) in [7, 11) is 0. The number of aryl methyl sites for hydroxylation is 1. The molecule has 0 fully saturated rings. The van der Waals surface area contributed by atoms with Crippen LogP contribution in [0.5, 0.6) is 5.75 Å². The fourth-order valence-corrected chi connectivity index (χ4v) is 2.35. The number of nitrogens with one attached hydrogen (secondary N) is 1. The van der Waals surface area contributed by atoms with Crippen molar-refractivity contribution in [2.75, 3.05) is 25.1 Å². The summed E-state index contributed by atoms with van der Waals surface area (Å²) in [5, 5.41) is 3.31. The third kappa shape index (κ3) is 5.83. The van der Waals surface area contributed by atoms with Gasteiger partial charge in [-0.05, 0) is 37.1 Å². The van der Waals surface area contributed by atoms with Gasteiger partial charge in [-0.3, -0.25) is 9.78 Å². The number of para-hydroxylation sites is 1. The lowest BCUT2D eigenvalue weighted by Gasteiger charge is -2.14. The topological polar surface area (TPSA) is 60.5 Å². The Hall–Kier alpha value is -2.11. The second-order valence-electron chi connectivity index (χ2n) is 5.07. The van der Waals surface area contributed by atoms with Crippen molar-refractivity contribution in [3.63, 3.8) is 0 Å². The summed E-state index contributed by atoms with van der Waals surface area (Å²) in [5.74, 6) is 0.365. The maximum atomic E-state index is 12.2. The van der Waals surface area contributed by atoms with Crippen LogP contribution in [0.3, 0.4) is 0 Å². The van der Waals surface area contributed by atoms with E-state index in [9.17, 15) is 4.79 Å². The summed E-state index contributed by atoms with van der Waals surface area (Å²) in [6.45, 7) is 3.39. The van der Waals surface area contributed by atoms with Crippen LogP contribution in [0.15, 0.2) is 42.7 Å². The number of benzene rings is 1. The first kappa shape index (κ1) is 18.2. The Bertz CT molecular complexity index is 650. The highest BCUT2D eigenvalue weighted by Crippen LogP contribution is 2.33. The van der Waals surface area contributed by atoms with Gasteiger partial charge in [0.15, 0.2) is 5.75 Å². The van der Waals surface area contributed by atoms with Gasteiger partial charge in [0.25, 0.3) is 0 Å². The zero-order chi connectivity index (χ0) is 17.2. The number of rotatable bonds is 9. The lowest BCUT2D eigenvalue weighted by Crippen LogP contribution is -2.14. The maximum absolute atomic E-state index is 12.2. The molecule has 2 rings (SSSR count). The molecule has 0 spiro atoms. The Morgan fingerprint density at radius 1 is 1.25 bits per heavy atom. The van der Waals surface area contributed by atoms with Gasteiger partial charge < -0.3 is 14.8 Å². The standard InChI is InChI=1S/C18H21ClN2O3/c1-2-23-11-12-24-18-15(19)6-3-7-16(18)21-17(22)9-8-14-5-4-10-20-13-14/h3-7,10,13H,2,8-9,11-12H2,1H3,(H,21,22). The van der Waals surface area contributed by atoms with Gasteiger partial charge in [0.1, 0.15) is 6.61 Å². The summed E-state index contributed by atoms with van der Waals surface area (Å²) < 4.78 is 10.9. The number of halogens is 1. The van der Waals surface area contributed by atoms with Crippen molar-refractivity contribution in [1.29, 1.82) is 0 Å². The van der Waals surface area contributed by atoms with Gasteiger partial charge in [0, 0.05) is 25.4 Å². The van der Waals surface area contributed by atoms with E-state index < -0.39 is 0 Å².